The van der Waals surface area contributed by atoms with E-state index in [0.717, 1.165) is 61.8 Å². The van der Waals surface area contributed by atoms with E-state index in [-0.39, 0.29) is 6.10 Å². The Morgan fingerprint density at radius 3 is 2.83 bits per heavy atom. The zero-order chi connectivity index (χ0) is 20.3. The van der Waals surface area contributed by atoms with Crippen molar-refractivity contribution >= 4 is 17.7 Å². The molecule has 0 aromatic carbocycles. The summed E-state index contributed by atoms with van der Waals surface area (Å²) in [7, 11) is 0. The minimum Gasteiger partial charge on any atom is -0.461 e. The quantitative estimate of drug-likeness (QED) is 0.516. The second-order valence-corrected chi connectivity index (χ2v) is 9.09. The van der Waals surface area contributed by atoms with Crippen LogP contribution in [0, 0.1) is 5.92 Å². The number of hydrogen-bond acceptors (Lipinski definition) is 8. The lowest BCUT2D eigenvalue weighted by molar-refractivity contribution is 0.0951. The lowest BCUT2D eigenvalue weighted by Crippen LogP contribution is -2.35. The fourth-order valence-corrected chi connectivity index (χ4v) is 4.86. The first-order valence-corrected chi connectivity index (χ1v) is 11.7. The van der Waals surface area contributed by atoms with Gasteiger partial charge in [-0.15, -0.1) is 10.2 Å². The number of nitrogens with zero attached hydrogens (tertiary/aromatic N) is 5. The number of rotatable bonds is 7. The monoisotopic (exact) mass is 429 g/mol. The van der Waals surface area contributed by atoms with Gasteiger partial charge in [-0.05, 0) is 43.7 Å². The fraction of sp³-hybridized carbons (Fsp3) is 0.571. The highest BCUT2D eigenvalue weighted by Crippen LogP contribution is 2.30. The first-order chi connectivity index (χ1) is 14.8. The minimum atomic E-state index is 0.236. The highest BCUT2D eigenvalue weighted by Gasteiger charge is 2.26. The number of piperidine rings is 1. The first kappa shape index (κ1) is 19.7. The van der Waals surface area contributed by atoms with Crippen molar-refractivity contribution in [3.8, 4) is 11.5 Å². The summed E-state index contributed by atoms with van der Waals surface area (Å²) in [5, 5.41) is 14.2. The predicted octanol–water partition coefficient (Wildman–Crippen LogP) is 4.23. The van der Waals surface area contributed by atoms with Gasteiger partial charge in [-0.2, -0.15) is 0 Å². The van der Waals surface area contributed by atoms with Crippen LogP contribution in [0.3, 0.4) is 0 Å². The van der Waals surface area contributed by atoms with Gasteiger partial charge >= 0.3 is 0 Å². The maximum atomic E-state index is 5.91. The smallest absolute Gasteiger partial charge is 0.228 e. The van der Waals surface area contributed by atoms with Gasteiger partial charge in [-0.3, -0.25) is 4.57 Å². The summed E-state index contributed by atoms with van der Waals surface area (Å²) in [6, 6.07) is 5.61. The van der Waals surface area contributed by atoms with Crippen LogP contribution in [-0.2, 0) is 17.0 Å². The Morgan fingerprint density at radius 2 is 2.07 bits per heavy atom. The Morgan fingerprint density at radius 1 is 1.17 bits per heavy atom. The molecular formula is C21H27N5O3S. The van der Waals surface area contributed by atoms with Gasteiger partial charge in [-0.1, -0.05) is 23.8 Å². The molecule has 5 heterocycles. The van der Waals surface area contributed by atoms with Gasteiger partial charge in [-0.25, -0.2) is 0 Å². The molecule has 0 N–H and O–H groups in total. The normalized spacial score (nSPS) is 20.3. The molecule has 3 aromatic heterocycles. The molecule has 0 spiro atoms. The van der Waals surface area contributed by atoms with Crippen molar-refractivity contribution < 1.29 is 13.7 Å². The minimum absolute atomic E-state index is 0.236. The van der Waals surface area contributed by atoms with Crippen LogP contribution in [0.4, 0.5) is 5.95 Å². The molecule has 3 aromatic rings. The molecule has 0 bridgehead atoms. The Bertz CT molecular complexity index is 940. The van der Waals surface area contributed by atoms with Crippen molar-refractivity contribution in [3.05, 3.63) is 30.2 Å². The topological polar surface area (TPSA) is 82.4 Å². The van der Waals surface area contributed by atoms with Crippen LogP contribution in [0.15, 0.2) is 38.6 Å². The summed E-state index contributed by atoms with van der Waals surface area (Å²) in [6.45, 7) is 6.04. The molecule has 30 heavy (non-hydrogen) atoms. The molecule has 160 valence electrons. The highest BCUT2D eigenvalue weighted by molar-refractivity contribution is 7.98. The molecule has 1 atom stereocenters. The SMILES string of the molecule is CC1CCN(c2nnc(SCc3cc(-c4ccco4)on3)n2CC2CCCO2)CC1. The van der Waals surface area contributed by atoms with Gasteiger partial charge in [0.1, 0.15) is 0 Å². The van der Waals surface area contributed by atoms with Crippen molar-refractivity contribution in [2.45, 2.75) is 56.2 Å². The molecule has 1 unspecified atom stereocenters. The van der Waals surface area contributed by atoms with E-state index >= 15 is 0 Å². The highest BCUT2D eigenvalue weighted by atomic mass is 32.2. The van der Waals surface area contributed by atoms with Gasteiger partial charge in [0.2, 0.25) is 11.7 Å². The van der Waals surface area contributed by atoms with E-state index in [2.05, 4.69) is 31.7 Å². The second-order valence-electron chi connectivity index (χ2n) is 8.15. The lowest BCUT2D eigenvalue weighted by Gasteiger charge is -2.31. The summed E-state index contributed by atoms with van der Waals surface area (Å²) in [6.07, 6.45) is 6.48. The van der Waals surface area contributed by atoms with E-state index < -0.39 is 0 Å². The van der Waals surface area contributed by atoms with E-state index in [1.807, 2.05) is 18.2 Å². The maximum Gasteiger partial charge on any atom is 0.228 e. The molecule has 2 aliphatic heterocycles. The van der Waals surface area contributed by atoms with Gasteiger partial charge in [0.25, 0.3) is 0 Å². The third kappa shape index (κ3) is 4.27. The van der Waals surface area contributed by atoms with E-state index in [4.69, 9.17) is 13.7 Å². The summed E-state index contributed by atoms with van der Waals surface area (Å²) in [5.74, 6) is 3.73. The van der Waals surface area contributed by atoms with Crippen LogP contribution >= 0.6 is 11.8 Å². The fourth-order valence-electron chi connectivity index (χ4n) is 4.04. The number of anilines is 1. The largest absolute Gasteiger partial charge is 0.461 e. The first-order valence-electron chi connectivity index (χ1n) is 10.7. The Labute approximate surface area is 179 Å². The van der Waals surface area contributed by atoms with Crippen LogP contribution in [0.5, 0.6) is 0 Å². The molecule has 8 nitrogen and oxygen atoms in total. The predicted molar refractivity (Wildman–Crippen MR) is 113 cm³/mol. The zero-order valence-electron chi connectivity index (χ0n) is 17.2. The molecule has 2 saturated heterocycles. The average molecular weight is 430 g/mol. The molecule has 0 saturated carbocycles. The standard InChI is InChI=1S/C21H27N5O3S/c1-15-6-8-25(9-7-15)20-22-23-21(26(20)13-17-4-2-10-27-17)30-14-16-12-19(29-24-16)18-5-3-11-28-18/h3,5,11-12,15,17H,2,4,6-10,13-14H2,1H3. The maximum absolute atomic E-state index is 5.91. The van der Waals surface area contributed by atoms with Gasteiger partial charge in [0.15, 0.2) is 10.9 Å². The Balaban J connectivity index is 1.32. The van der Waals surface area contributed by atoms with Crippen molar-refractivity contribution in [1.29, 1.82) is 0 Å². The van der Waals surface area contributed by atoms with Gasteiger partial charge < -0.3 is 18.6 Å². The van der Waals surface area contributed by atoms with Crippen LogP contribution in [0.2, 0.25) is 0 Å². The number of hydrogen-bond donors (Lipinski definition) is 0. The molecule has 0 radical (unpaired) electrons. The van der Waals surface area contributed by atoms with E-state index in [1.165, 1.54) is 12.8 Å². The molecule has 2 aliphatic rings. The number of thioether (sulfide) groups is 1. The summed E-state index contributed by atoms with van der Waals surface area (Å²) >= 11 is 1.63. The lowest BCUT2D eigenvalue weighted by atomic mass is 10.00. The molecule has 0 aliphatic carbocycles. The third-order valence-electron chi connectivity index (χ3n) is 5.85. The number of furan rings is 1. The van der Waals surface area contributed by atoms with Crippen LogP contribution < -0.4 is 4.90 Å². The molecule has 2 fully saturated rings. The van der Waals surface area contributed by atoms with Gasteiger partial charge in [0, 0.05) is 31.5 Å². The third-order valence-corrected chi connectivity index (χ3v) is 6.85. The van der Waals surface area contributed by atoms with E-state index in [1.54, 1.807) is 18.0 Å². The van der Waals surface area contributed by atoms with E-state index in [0.29, 0.717) is 17.3 Å². The zero-order valence-corrected chi connectivity index (χ0v) is 18.0. The molecular weight excluding hydrogens is 402 g/mol. The van der Waals surface area contributed by atoms with Crippen molar-refractivity contribution in [2.24, 2.45) is 5.92 Å². The van der Waals surface area contributed by atoms with Crippen LogP contribution in [0.25, 0.3) is 11.5 Å². The summed E-state index contributed by atoms with van der Waals surface area (Å²) in [5.41, 5.74) is 0.853. The molecule has 5 rings (SSSR count). The van der Waals surface area contributed by atoms with Crippen molar-refractivity contribution in [1.82, 2.24) is 19.9 Å². The van der Waals surface area contributed by atoms with E-state index in [9.17, 15) is 0 Å². The summed E-state index contributed by atoms with van der Waals surface area (Å²) in [4.78, 5) is 2.37. The van der Waals surface area contributed by atoms with Gasteiger partial charge in [0.05, 0.1) is 24.6 Å². The number of aromatic nitrogens is 4. The second kappa shape index (κ2) is 8.85. The molecule has 9 heteroatoms. The van der Waals surface area contributed by atoms with Crippen LogP contribution in [-0.4, -0.2) is 45.7 Å². The Kier molecular flexibility index (Phi) is 5.81. The Hall–Kier alpha value is -2.26. The van der Waals surface area contributed by atoms with Crippen molar-refractivity contribution in [3.63, 3.8) is 0 Å². The number of ether oxygens (including phenoxy) is 1. The molecule has 0 amide bonds. The average Bonchev–Trinajstić information content (AvgIpc) is 3.55. The summed E-state index contributed by atoms with van der Waals surface area (Å²) < 4.78 is 18.9. The van der Waals surface area contributed by atoms with Crippen molar-refractivity contribution in [2.75, 3.05) is 24.6 Å². The van der Waals surface area contributed by atoms with Crippen LogP contribution in [0.1, 0.15) is 38.3 Å².